The molecule has 0 saturated carbocycles. The van der Waals surface area contributed by atoms with Crippen LogP contribution in [0.25, 0.3) is 0 Å². The predicted molar refractivity (Wildman–Crippen MR) is 93.6 cm³/mol. The first kappa shape index (κ1) is 19.1. The van der Waals surface area contributed by atoms with Gasteiger partial charge >= 0.3 is 0 Å². The molecule has 1 aromatic heterocycles. The molecule has 23 heavy (non-hydrogen) atoms. The van der Waals surface area contributed by atoms with E-state index in [0.29, 0.717) is 13.1 Å². The van der Waals surface area contributed by atoms with Crippen LogP contribution < -0.4 is 5.32 Å². The minimum atomic E-state index is 0.110. The fourth-order valence-electron chi connectivity index (χ4n) is 2.42. The van der Waals surface area contributed by atoms with Crippen molar-refractivity contribution >= 4 is 11.9 Å². The van der Waals surface area contributed by atoms with E-state index in [2.05, 4.69) is 10.3 Å². The maximum absolute atomic E-state index is 12.2. The summed E-state index contributed by atoms with van der Waals surface area (Å²) in [5.41, 5.74) is 1.07. The van der Waals surface area contributed by atoms with Crippen LogP contribution in [-0.2, 0) is 11.3 Å². The van der Waals surface area contributed by atoms with Gasteiger partial charge in [-0.15, -0.1) is 0 Å². The van der Waals surface area contributed by atoms with Gasteiger partial charge in [0.25, 0.3) is 0 Å². The first-order valence-corrected chi connectivity index (χ1v) is 8.25. The highest BCUT2D eigenvalue weighted by Gasteiger charge is 2.15. The monoisotopic (exact) mass is 322 g/mol. The van der Waals surface area contributed by atoms with Crippen molar-refractivity contribution in [3.05, 3.63) is 23.2 Å². The average molecular weight is 322 g/mol. The number of likely N-dealkylation sites (N-methyl/N-ethyl adjacent to an activating group) is 2. The Morgan fingerprint density at radius 2 is 1.91 bits per heavy atom. The van der Waals surface area contributed by atoms with Crippen molar-refractivity contribution in [1.82, 2.24) is 15.1 Å². The van der Waals surface area contributed by atoms with Crippen LogP contribution in [-0.4, -0.2) is 54.9 Å². The van der Waals surface area contributed by atoms with Crippen LogP contribution in [0.15, 0.2) is 15.5 Å². The molecule has 0 aliphatic heterocycles. The number of hydrogen-bond donors (Lipinski definition) is 1. The van der Waals surface area contributed by atoms with Gasteiger partial charge in [0.1, 0.15) is 11.5 Å². The minimum Gasteiger partial charge on any atom is -0.466 e. The van der Waals surface area contributed by atoms with Crippen molar-refractivity contribution in [3.8, 4) is 0 Å². The molecule has 1 rings (SSSR count). The number of carbonyl (C=O) groups is 1. The lowest BCUT2D eigenvalue weighted by atomic mass is 10.2. The summed E-state index contributed by atoms with van der Waals surface area (Å²) in [7, 11) is 1.89. The molecule has 130 valence electrons. The van der Waals surface area contributed by atoms with Crippen LogP contribution in [0.1, 0.15) is 37.9 Å². The van der Waals surface area contributed by atoms with E-state index in [9.17, 15) is 4.79 Å². The molecule has 0 bridgehead atoms. The smallest absolute Gasteiger partial charge is 0.242 e. The van der Waals surface area contributed by atoms with Gasteiger partial charge in [0.05, 0.1) is 13.1 Å². The van der Waals surface area contributed by atoms with E-state index in [1.807, 2.05) is 57.5 Å². The van der Waals surface area contributed by atoms with Crippen LogP contribution in [0.5, 0.6) is 0 Å². The predicted octanol–water partition coefficient (Wildman–Crippen LogP) is 2.16. The summed E-state index contributed by atoms with van der Waals surface area (Å²) < 4.78 is 5.53. The third-order valence-corrected chi connectivity index (χ3v) is 3.73. The van der Waals surface area contributed by atoms with Gasteiger partial charge < -0.3 is 19.5 Å². The number of amides is 1. The number of aryl methyl sites for hydroxylation is 2. The topological polar surface area (TPSA) is 61.1 Å². The molecular weight excluding hydrogens is 292 g/mol. The van der Waals surface area contributed by atoms with Gasteiger partial charge in [-0.3, -0.25) is 4.79 Å². The normalized spacial score (nSPS) is 11.5. The third-order valence-electron chi connectivity index (χ3n) is 3.73. The van der Waals surface area contributed by atoms with Crippen molar-refractivity contribution < 1.29 is 9.21 Å². The molecule has 0 aliphatic rings. The number of nitrogens with one attached hydrogen (secondary N) is 1. The summed E-state index contributed by atoms with van der Waals surface area (Å²) in [4.78, 5) is 20.6. The van der Waals surface area contributed by atoms with Crippen LogP contribution in [0, 0.1) is 13.8 Å². The van der Waals surface area contributed by atoms with Crippen molar-refractivity contribution in [2.45, 2.75) is 41.2 Å². The zero-order valence-electron chi connectivity index (χ0n) is 15.3. The van der Waals surface area contributed by atoms with Crippen molar-refractivity contribution in [1.29, 1.82) is 0 Å². The number of rotatable bonds is 7. The molecular formula is C17H30N4O2. The Bertz CT molecular complexity index is 533. The number of nitrogens with zero attached hydrogens (tertiary/aromatic N) is 3. The van der Waals surface area contributed by atoms with E-state index in [-0.39, 0.29) is 5.91 Å². The van der Waals surface area contributed by atoms with Crippen LogP contribution in [0.3, 0.4) is 0 Å². The number of aliphatic imine (C=N–C) groups is 1. The van der Waals surface area contributed by atoms with E-state index in [4.69, 9.17) is 4.42 Å². The summed E-state index contributed by atoms with van der Waals surface area (Å²) in [6, 6.07) is 2.00. The molecule has 6 nitrogen and oxygen atoms in total. The summed E-state index contributed by atoms with van der Waals surface area (Å²) in [5.74, 6) is 2.62. The first-order chi connectivity index (χ1) is 10.9. The molecule has 0 aliphatic carbocycles. The molecule has 1 amide bonds. The SMILES string of the molecule is CCNC(=NCc1cc(C)oc1C)N(C)CC(=O)N(CC)CC. The lowest BCUT2D eigenvalue weighted by Gasteiger charge is -2.25. The second-order valence-electron chi connectivity index (χ2n) is 5.53. The first-order valence-electron chi connectivity index (χ1n) is 8.25. The summed E-state index contributed by atoms with van der Waals surface area (Å²) in [5, 5.41) is 3.23. The van der Waals surface area contributed by atoms with E-state index < -0.39 is 0 Å². The molecule has 1 aromatic rings. The number of furan rings is 1. The number of carbonyl (C=O) groups excluding carboxylic acids is 1. The largest absolute Gasteiger partial charge is 0.466 e. The Kier molecular flexibility index (Phi) is 7.65. The standard InChI is InChI=1S/C17H30N4O2/c1-7-18-17(19-11-15-10-13(4)23-14(15)5)20(6)12-16(22)21(8-2)9-3/h10H,7-9,11-12H2,1-6H3,(H,18,19). The Balaban J connectivity index is 2.77. The minimum absolute atomic E-state index is 0.110. The zero-order chi connectivity index (χ0) is 17.4. The van der Waals surface area contributed by atoms with E-state index >= 15 is 0 Å². The molecule has 0 saturated heterocycles. The van der Waals surface area contributed by atoms with E-state index in [1.165, 1.54) is 0 Å². The van der Waals surface area contributed by atoms with Gasteiger partial charge in [0, 0.05) is 32.2 Å². The van der Waals surface area contributed by atoms with Crippen molar-refractivity contribution in [2.75, 3.05) is 33.2 Å². The second-order valence-corrected chi connectivity index (χ2v) is 5.53. The lowest BCUT2D eigenvalue weighted by molar-refractivity contribution is -0.131. The number of hydrogen-bond acceptors (Lipinski definition) is 3. The molecule has 0 unspecified atom stereocenters. The highest BCUT2D eigenvalue weighted by atomic mass is 16.3. The summed E-state index contributed by atoms with van der Waals surface area (Å²) in [6.07, 6.45) is 0. The molecule has 0 spiro atoms. The van der Waals surface area contributed by atoms with Crippen LogP contribution in [0.2, 0.25) is 0 Å². The van der Waals surface area contributed by atoms with Gasteiger partial charge in [-0.25, -0.2) is 4.99 Å². The Hall–Kier alpha value is -1.98. The van der Waals surface area contributed by atoms with Gasteiger partial charge in [-0.1, -0.05) is 0 Å². The Labute approximate surface area is 139 Å². The van der Waals surface area contributed by atoms with E-state index in [0.717, 1.165) is 42.7 Å². The summed E-state index contributed by atoms with van der Waals surface area (Å²) >= 11 is 0. The molecule has 1 N–H and O–H groups in total. The third kappa shape index (κ3) is 5.62. The molecule has 0 atom stereocenters. The lowest BCUT2D eigenvalue weighted by Crippen LogP contribution is -2.45. The zero-order valence-corrected chi connectivity index (χ0v) is 15.3. The molecule has 6 heteroatoms. The maximum Gasteiger partial charge on any atom is 0.242 e. The maximum atomic E-state index is 12.2. The summed E-state index contributed by atoms with van der Waals surface area (Å²) in [6.45, 7) is 12.9. The molecule has 0 fully saturated rings. The van der Waals surface area contributed by atoms with Crippen molar-refractivity contribution in [3.63, 3.8) is 0 Å². The van der Waals surface area contributed by atoms with Crippen molar-refractivity contribution in [2.24, 2.45) is 4.99 Å². The Morgan fingerprint density at radius 3 is 2.39 bits per heavy atom. The fourth-order valence-corrected chi connectivity index (χ4v) is 2.42. The molecule has 0 radical (unpaired) electrons. The second kappa shape index (κ2) is 9.22. The number of guanidine groups is 1. The van der Waals surface area contributed by atoms with Crippen LogP contribution >= 0.6 is 0 Å². The highest BCUT2D eigenvalue weighted by Crippen LogP contribution is 2.14. The van der Waals surface area contributed by atoms with Crippen LogP contribution in [0.4, 0.5) is 0 Å². The van der Waals surface area contributed by atoms with Gasteiger partial charge in [-0.2, -0.15) is 0 Å². The quantitative estimate of drug-likeness (QED) is 0.617. The fraction of sp³-hybridized carbons (Fsp3) is 0.647. The average Bonchev–Trinajstić information content (AvgIpc) is 2.82. The van der Waals surface area contributed by atoms with Gasteiger partial charge in [0.15, 0.2) is 5.96 Å². The van der Waals surface area contributed by atoms with Gasteiger partial charge in [0.2, 0.25) is 5.91 Å². The highest BCUT2D eigenvalue weighted by molar-refractivity contribution is 5.86. The Morgan fingerprint density at radius 1 is 1.26 bits per heavy atom. The molecule has 1 heterocycles. The van der Waals surface area contributed by atoms with E-state index in [1.54, 1.807) is 0 Å². The van der Waals surface area contributed by atoms with Gasteiger partial charge in [-0.05, 0) is 40.7 Å². The molecule has 0 aromatic carbocycles.